The normalized spacial score (nSPS) is 8.73. The smallest absolute Gasteiger partial charge is 0.242 e. The molecule has 0 aliphatic heterocycles. The number of rotatable bonds is 2. The summed E-state index contributed by atoms with van der Waals surface area (Å²) in [7, 11) is 0. The number of nitrogens with zero attached hydrogens (tertiary/aromatic N) is 7. The molecule has 8 heteroatoms. The van der Waals surface area contributed by atoms with Gasteiger partial charge in [0.2, 0.25) is 5.91 Å². The number of hydrogen-bond acceptors (Lipinski definition) is 4. The van der Waals surface area contributed by atoms with Crippen LogP contribution in [0.4, 0.5) is 0 Å². The molecular formula is C3H3N7O. The molecule has 0 saturated heterocycles. The first-order valence-electron chi connectivity index (χ1n) is 2.61. The number of aromatic nitrogens is 4. The van der Waals surface area contributed by atoms with E-state index in [1.807, 2.05) is 0 Å². The summed E-state index contributed by atoms with van der Waals surface area (Å²) in [6.45, 7) is -0.177. The molecule has 0 N–H and O–H groups in total. The van der Waals surface area contributed by atoms with Crippen molar-refractivity contribution in [3.8, 4) is 0 Å². The molecule has 1 aromatic rings. The van der Waals surface area contributed by atoms with Gasteiger partial charge in [0.15, 0.2) is 6.33 Å². The third-order valence-electron chi connectivity index (χ3n) is 0.824. The Morgan fingerprint density at radius 1 is 1.82 bits per heavy atom. The largest absolute Gasteiger partial charge is 0.290 e. The van der Waals surface area contributed by atoms with Gasteiger partial charge in [-0.1, -0.05) is 0 Å². The summed E-state index contributed by atoms with van der Waals surface area (Å²) in [6.07, 6.45) is 1.18. The zero-order valence-corrected chi connectivity index (χ0v) is 5.32. The topological polar surface area (TPSA) is 109 Å². The molecule has 0 aliphatic rings. The quantitative estimate of drug-likeness (QED) is 0.324. The lowest BCUT2D eigenvalue weighted by Gasteiger charge is -1.88. The summed E-state index contributed by atoms with van der Waals surface area (Å²) in [4.78, 5) is 13.9. The zero-order valence-electron chi connectivity index (χ0n) is 5.32. The van der Waals surface area contributed by atoms with Crippen LogP contribution in [0.5, 0.6) is 0 Å². The van der Waals surface area contributed by atoms with E-state index in [9.17, 15) is 4.79 Å². The summed E-state index contributed by atoms with van der Waals surface area (Å²) in [5.74, 6) is -0.648. The van der Waals surface area contributed by atoms with E-state index in [2.05, 4.69) is 25.4 Å². The Labute approximate surface area is 60.4 Å². The molecule has 0 aromatic carbocycles. The van der Waals surface area contributed by atoms with Crippen LogP contribution >= 0.6 is 0 Å². The number of amides is 1. The highest BCUT2D eigenvalue weighted by atomic mass is 16.2. The lowest BCUT2D eigenvalue weighted by atomic mass is 10.6. The monoisotopic (exact) mass is 153 g/mol. The summed E-state index contributed by atoms with van der Waals surface area (Å²) >= 11 is 0. The lowest BCUT2D eigenvalue weighted by Crippen LogP contribution is -2.09. The molecule has 0 bridgehead atoms. The third kappa shape index (κ3) is 2.03. The number of azide groups is 1. The minimum absolute atomic E-state index is 0.177. The fraction of sp³-hybridized carbons (Fsp3) is 0.333. The lowest BCUT2D eigenvalue weighted by molar-refractivity contribution is -0.118. The molecular weight excluding hydrogens is 150 g/mol. The van der Waals surface area contributed by atoms with Gasteiger partial charge in [-0.25, -0.2) is 0 Å². The van der Waals surface area contributed by atoms with Crippen molar-refractivity contribution in [2.24, 2.45) is 5.11 Å². The van der Waals surface area contributed by atoms with Gasteiger partial charge in [0.05, 0.1) is 0 Å². The Hall–Kier alpha value is -1.95. The fourth-order valence-electron chi connectivity index (χ4n) is 0.463. The first-order valence-corrected chi connectivity index (χ1v) is 2.61. The maximum atomic E-state index is 10.6. The minimum atomic E-state index is -0.648. The zero-order chi connectivity index (χ0) is 8.10. The Morgan fingerprint density at radius 3 is 3.18 bits per heavy atom. The van der Waals surface area contributed by atoms with E-state index in [0.717, 1.165) is 4.80 Å². The van der Waals surface area contributed by atoms with Crippen molar-refractivity contribution in [1.82, 2.24) is 20.2 Å². The second-order valence-corrected chi connectivity index (χ2v) is 1.55. The molecule has 56 valence electrons. The van der Waals surface area contributed by atoms with Gasteiger partial charge in [0.1, 0.15) is 6.54 Å². The Kier molecular flexibility index (Phi) is 2.13. The molecule has 0 spiro atoms. The number of carbonyl (C=O) groups is 1. The molecule has 1 amide bonds. The van der Waals surface area contributed by atoms with E-state index in [-0.39, 0.29) is 6.54 Å². The molecule has 0 fully saturated rings. The first-order chi connectivity index (χ1) is 5.33. The van der Waals surface area contributed by atoms with Crippen molar-refractivity contribution in [2.45, 2.75) is 6.54 Å². The Balaban J connectivity index is 2.57. The van der Waals surface area contributed by atoms with Crippen LogP contribution in [0.3, 0.4) is 0 Å². The minimum Gasteiger partial charge on any atom is -0.290 e. The highest BCUT2D eigenvalue weighted by molar-refractivity contribution is 5.76. The fourth-order valence-corrected chi connectivity index (χ4v) is 0.463. The summed E-state index contributed by atoms with van der Waals surface area (Å²) in [6, 6.07) is 0. The van der Waals surface area contributed by atoms with E-state index < -0.39 is 5.91 Å². The third-order valence-corrected chi connectivity index (χ3v) is 0.824. The average Bonchev–Trinajstić information content (AvgIpc) is 2.40. The van der Waals surface area contributed by atoms with Gasteiger partial charge >= 0.3 is 0 Å². The highest BCUT2D eigenvalue weighted by Gasteiger charge is 1.99. The highest BCUT2D eigenvalue weighted by Crippen LogP contribution is 1.80. The molecule has 1 rings (SSSR count). The van der Waals surface area contributed by atoms with Crippen LogP contribution in [0.25, 0.3) is 10.4 Å². The van der Waals surface area contributed by atoms with E-state index >= 15 is 0 Å². The van der Waals surface area contributed by atoms with Gasteiger partial charge < -0.3 is 0 Å². The maximum Gasteiger partial charge on any atom is 0.242 e. The number of tetrazole rings is 1. The average molecular weight is 153 g/mol. The van der Waals surface area contributed by atoms with Gasteiger partial charge in [0.25, 0.3) is 0 Å². The molecule has 0 aliphatic carbocycles. The van der Waals surface area contributed by atoms with Crippen molar-refractivity contribution in [2.75, 3.05) is 0 Å². The number of carbonyl (C=O) groups excluding carboxylic acids is 1. The van der Waals surface area contributed by atoms with Crippen LogP contribution in [0.15, 0.2) is 11.4 Å². The van der Waals surface area contributed by atoms with Crippen LogP contribution in [0, 0.1) is 0 Å². The van der Waals surface area contributed by atoms with Crippen LogP contribution in [-0.2, 0) is 11.3 Å². The maximum absolute atomic E-state index is 10.6. The Morgan fingerprint density at radius 2 is 2.64 bits per heavy atom. The molecule has 0 atom stereocenters. The standard InChI is InChI=1S/C3H3N7O/c4-8-7-3(11)1-10-6-2-5-9-10/h2H,1H2. The predicted octanol–water partition coefficient (Wildman–Crippen LogP) is -0.490. The van der Waals surface area contributed by atoms with Gasteiger partial charge in [-0.3, -0.25) is 4.79 Å². The van der Waals surface area contributed by atoms with Gasteiger partial charge in [-0.2, -0.15) is 4.80 Å². The first kappa shape index (κ1) is 7.16. The van der Waals surface area contributed by atoms with Crippen molar-refractivity contribution >= 4 is 5.91 Å². The summed E-state index contributed by atoms with van der Waals surface area (Å²) < 4.78 is 0. The van der Waals surface area contributed by atoms with Gasteiger partial charge in [0, 0.05) is 4.91 Å². The Bertz CT molecular complexity index is 283. The van der Waals surface area contributed by atoms with Crippen LogP contribution in [-0.4, -0.2) is 26.1 Å². The molecule has 0 radical (unpaired) electrons. The predicted molar refractivity (Wildman–Crippen MR) is 32.0 cm³/mol. The van der Waals surface area contributed by atoms with Crippen molar-refractivity contribution in [3.63, 3.8) is 0 Å². The molecule has 8 nitrogen and oxygen atoms in total. The van der Waals surface area contributed by atoms with Gasteiger partial charge in [-0.15, -0.1) is 10.2 Å². The second kappa shape index (κ2) is 3.28. The van der Waals surface area contributed by atoms with Crippen LogP contribution < -0.4 is 0 Å². The van der Waals surface area contributed by atoms with Crippen LogP contribution in [0.1, 0.15) is 0 Å². The van der Waals surface area contributed by atoms with E-state index in [0.29, 0.717) is 0 Å². The van der Waals surface area contributed by atoms with E-state index in [1.165, 1.54) is 6.33 Å². The molecule has 0 unspecified atom stereocenters. The van der Waals surface area contributed by atoms with Gasteiger partial charge in [-0.05, 0) is 15.9 Å². The molecule has 1 heterocycles. The molecule has 0 saturated carbocycles. The molecule has 11 heavy (non-hydrogen) atoms. The number of hydrogen-bond donors (Lipinski definition) is 0. The summed E-state index contributed by atoms with van der Waals surface area (Å²) in [5.41, 5.74) is 7.84. The second-order valence-electron chi connectivity index (χ2n) is 1.55. The van der Waals surface area contributed by atoms with Crippen molar-refractivity contribution in [3.05, 3.63) is 16.8 Å². The molecule has 1 aromatic heterocycles. The SMILES string of the molecule is [N-]=[N+]=NC(=O)Cn1ncnn1. The van der Waals surface area contributed by atoms with E-state index in [1.54, 1.807) is 0 Å². The van der Waals surface area contributed by atoms with Crippen LogP contribution in [0.2, 0.25) is 0 Å². The van der Waals surface area contributed by atoms with E-state index in [4.69, 9.17) is 5.53 Å². The van der Waals surface area contributed by atoms with Crippen molar-refractivity contribution in [1.29, 1.82) is 0 Å². The summed E-state index contributed by atoms with van der Waals surface area (Å²) in [5, 5.41) is 13.1. The van der Waals surface area contributed by atoms with Crippen molar-refractivity contribution < 1.29 is 4.79 Å².